The van der Waals surface area contributed by atoms with Gasteiger partial charge in [-0.2, -0.15) is 0 Å². The van der Waals surface area contributed by atoms with Crippen LogP contribution in [-0.4, -0.2) is 14.3 Å². The molecule has 0 spiro atoms. The molecule has 1 amide bonds. The van der Waals surface area contributed by atoms with Gasteiger partial charge in [-0.05, 0) is 67.8 Å². The van der Waals surface area contributed by atoms with Gasteiger partial charge < -0.3 is 5.32 Å². The van der Waals surface area contributed by atoms with E-state index in [-0.39, 0.29) is 10.8 Å². The number of sulfonamides is 1. The average molecular weight is 332 g/mol. The summed E-state index contributed by atoms with van der Waals surface area (Å²) in [6.45, 7) is 6.99. The van der Waals surface area contributed by atoms with E-state index in [1.165, 1.54) is 19.1 Å². The summed E-state index contributed by atoms with van der Waals surface area (Å²) in [4.78, 5) is 11.3. The third-order valence-corrected chi connectivity index (χ3v) is 4.67. The molecule has 0 saturated heterocycles. The highest BCUT2D eigenvalue weighted by molar-refractivity contribution is 7.92. The molecule has 2 rings (SSSR count). The molecule has 0 aliphatic rings. The van der Waals surface area contributed by atoms with Crippen molar-refractivity contribution in [1.29, 1.82) is 0 Å². The second-order valence-electron chi connectivity index (χ2n) is 5.64. The highest BCUT2D eigenvalue weighted by Gasteiger charge is 2.16. The van der Waals surface area contributed by atoms with Gasteiger partial charge in [-0.3, -0.25) is 9.52 Å². The number of carbonyl (C=O) groups excluding carboxylic acids is 1. The quantitative estimate of drug-likeness (QED) is 0.901. The number of hydrogen-bond donors (Lipinski definition) is 2. The van der Waals surface area contributed by atoms with Crippen molar-refractivity contribution < 1.29 is 13.2 Å². The normalized spacial score (nSPS) is 11.1. The molecule has 2 N–H and O–H groups in total. The third kappa shape index (κ3) is 4.32. The molecule has 5 nitrogen and oxygen atoms in total. The Labute approximate surface area is 136 Å². The maximum absolute atomic E-state index is 12.5. The lowest BCUT2D eigenvalue weighted by Gasteiger charge is -2.12. The second kappa shape index (κ2) is 6.42. The van der Waals surface area contributed by atoms with Crippen LogP contribution in [0, 0.1) is 20.8 Å². The molecule has 0 aromatic heterocycles. The van der Waals surface area contributed by atoms with Crippen molar-refractivity contribution in [3.8, 4) is 0 Å². The molecule has 0 heterocycles. The Balaban J connectivity index is 2.32. The van der Waals surface area contributed by atoms with E-state index < -0.39 is 10.0 Å². The van der Waals surface area contributed by atoms with E-state index in [1.807, 2.05) is 19.9 Å². The van der Waals surface area contributed by atoms with Gasteiger partial charge in [0.15, 0.2) is 0 Å². The first-order valence-corrected chi connectivity index (χ1v) is 8.65. The van der Waals surface area contributed by atoms with Crippen LogP contribution in [0.1, 0.15) is 23.6 Å². The fourth-order valence-electron chi connectivity index (χ4n) is 2.38. The van der Waals surface area contributed by atoms with Crippen molar-refractivity contribution in [2.45, 2.75) is 32.6 Å². The van der Waals surface area contributed by atoms with Crippen LogP contribution in [0.4, 0.5) is 11.4 Å². The summed E-state index contributed by atoms with van der Waals surface area (Å²) in [5.74, 6) is -0.197. The topological polar surface area (TPSA) is 75.3 Å². The summed E-state index contributed by atoms with van der Waals surface area (Å²) >= 11 is 0. The van der Waals surface area contributed by atoms with Gasteiger partial charge in [0.2, 0.25) is 5.91 Å². The van der Waals surface area contributed by atoms with E-state index in [9.17, 15) is 13.2 Å². The maximum Gasteiger partial charge on any atom is 0.261 e. The Bertz CT molecular complexity index is 838. The van der Waals surface area contributed by atoms with Gasteiger partial charge in [0.05, 0.1) is 4.90 Å². The van der Waals surface area contributed by atoms with Gasteiger partial charge in [-0.15, -0.1) is 0 Å². The van der Waals surface area contributed by atoms with Gasteiger partial charge in [-0.25, -0.2) is 8.42 Å². The Morgan fingerprint density at radius 1 is 0.957 bits per heavy atom. The molecule has 122 valence electrons. The molecule has 0 aliphatic heterocycles. The van der Waals surface area contributed by atoms with Crippen LogP contribution in [0.3, 0.4) is 0 Å². The van der Waals surface area contributed by atoms with Crippen molar-refractivity contribution >= 4 is 27.3 Å². The van der Waals surface area contributed by atoms with E-state index in [4.69, 9.17) is 0 Å². The van der Waals surface area contributed by atoms with Crippen molar-refractivity contribution in [1.82, 2.24) is 0 Å². The number of rotatable bonds is 4. The minimum absolute atomic E-state index is 0.156. The third-order valence-electron chi connectivity index (χ3n) is 3.29. The lowest BCUT2D eigenvalue weighted by atomic mass is 10.1. The Kier molecular flexibility index (Phi) is 4.75. The number of anilines is 2. The number of hydrogen-bond acceptors (Lipinski definition) is 3. The maximum atomic E-state index is 12.5. The Morgan fingerprint density at radius 3 is 2.09 bits per heavy atom. The van der Waals surface area contributed by atoms with Crippen molar-refractivity contribution in [3.63, 3.8) is 0 Å². The Hall–Kier alpha value is -2.34. The molecule has 2 aromatic carbocycles. The minimum atomic E-state index is -3.68. The van der Waals surface area contributed by atoms with E-state index in [2.05, 4.69) is 10.0 Å². The lowest BCUT2D eigenvalue weighted by Crippen LogP contribution is -2.14. The average Bonchev–Trinajstić information content (AvgIpc) is 2.38. The number of carbonyl (C=O) groups is 1. The molecule has 0 saturated carbocycles. The van der Waals surface area contributed by atoms with Gasteiger partial charge in [0, 0.05) is 18.3 Å². The van der Waals surface area contributed by atoms with Gasteiger partial charge in [0.1, 0.15) is 0 Å². The van der Waals surface area contributed by atoms with E-state index in [0.717, 1.165) is 11.1 Å². The lowest BCUT2D eigenvalue weighted by molar-refractivity contribution is -0.114. The molecule has 0 unspecified atom stereocenters. The molecular weight excluding hydrogens is 312 g/mol. The fraction of sp³-hybridized carbons (Fsp3) is 0.235. The van der Waals surface area contributed by atoms with Crippen LogP contribution >= 0.6 is 0 Å². The van der Waals surface area contributed by atoms with Gasteiger partial charge in [-0.1, -0.05) is 6.07 Å². The standard InChI is InChI=1S/C17H20N2O3S/c1-11-7-12(2)9-15(8-11)19-23(21,22)16-5-6-17(13(3)10-16)18-14(4)20/h5-10,19H,1-4H3,(H,18,20). The Morgan fingerprint density at radius 2 is 1.57 bits per heavy atom. The summed E-state index contributed by atoms with van der Waals surface area (Å²) in [5, 5.41) is 2.66. The van der Waals surface area contributed by atoms with Gasteiger partial charge >= 0.3 is 0 Å². The number of aryl methyl sites for hydroxylation is 3. The highest BCUT2D eigenvalue weighted by Crippen LogP contribution is 2.23. The number of nitrogens with one attached hydrogen (secondary N) is 2. The van der Waals surface area contributed by atoms with Gasteiger partial charge in [0.25, 0.3) is 10.0 Å². The first-order valence-electron chi connectivity index (χ1n) is 7.17. The summed E-state index contributed by atoms with van der Waals surface area (Å²) in [6, 6.07) is 10.1. The second-order valence-corrected chi connectivity index (χ2v) is 7.32. The highest BCUT2D eigenvalue weighted by atomic mass is 32.2. The van der Waals surface area contributed by atoms with E-state index in [0.29, 0.717) is 16.9 Å². The molecule has 23 heavy (non-hydrogen) atoms. The number of amides is 1. The van der Waals surface area contributed by atoms with Crippen LogP contribution in [0.25, 0.3) is 0 Å². The zero-order valence-electron chi connectivity index (χ0n) is 13.6. The summed E-state index contributed by atoms with van der Waals surface area (Å²) in [5.41, 5.74) is 3.79. The molecule has 0 radical (unpaired) electrons. The van der Waals surface area contributed by atoms with Crippen molar-refractivity contribution in [2.24, 2.45) is 0 Å². The first kappa shape index (κ1) is 17.0. The molecular formula is C17H20N2O3S. The first-order chi connectivity index (χ1) is 10.7. The van der Waals surface area contributed by atoms with Crippen LogP contribution in [-0.2, 0) is 14.8 Å². The molecule has 6 heteroatoms. The SMILES string of the molecule is CC(=O)Nc1ccc(S(=O)(=O)Nc2cc(C)cc(C)c2)cc1C. The van der Waals surface area contributed by atoms with Crippen LogP contribution < -0.4 is 10.0 Å². The monoisotopic (exact) mass is 332 g/mol. The molecule has 0 aliphatic carbocycles. The molecule has 0 bridgehead atoms. The zero-order valence-corrected chi connectivity index (χ0v) is 14.4. The zero-order chi connectivity index (χ0) is 17.2. The number of benzene rings is 2. The largest absolute Gasteiger partial charge is 0.326 e. The summed E-state index contributed by atoms with van der Waals surface area (Å²) in [7, 11) is -3.68. The van der Waals surface area contributed by atoms with E-state index >= 15 is 0 Å². The van der Waals surface area contributed by atoms with Crippen LogP contribution in [0.15, 0.2) is 41.3 Å². The van der Waals surface area contributed by atoms with Crippen LogP contribution in [0.5, 0.6) is 0 Å². The summed E-state index contributed by atoms with van der Waals surface area (Å²) in [6.07, 6.45) is 0. The molecule has 2 aromatic rings. The molecule has 0 atom stereocenters. The molecule has 0 fully saturated rings. The summed E-state index contributed by atoms with van der Waals surface area (Å²) < 4.78 is 27.6. The predicted molar refractivity (Wildman–Crippen MR) is 92.2 cm³/mol. The van der Waals surface area contributed by atoms with Crippen molar-refractivity contribution in [3.05, 3.63) is 53.1 Å². The predicted octanol–water partition coefficient (Wildman–Crippen LogP) is 3.37. The van der Waals surface area contributed by atoms with E-state index in [1.54, 1.807) is 25.1 Å². The smallest absolute Gasteiger partial charge is 0.261 e. The van der Waals surface area contributed by atoms with Crippen molar-refractivity contribution in [2.75, 3.05) is 10.0 Å². The van der Waals surface area contributed by atoms with Crippen LogP contribution in [0.2, 0.25) is 0 Å². The fourth-order valence-corrected chi connectivity index (χ4v) is 3.51. The minimum Gasteiger partial charge on any atom is -0.326 e.